The quantitative estimate of drug-likeness (QED) is 0.683. The van der Waals surface area contributed by atoms with Crippen LogP contribution >= 0.6 is 0 Å². The lowest BCUT2D eigenvalue weighted by molar-refractivity contribution is -0.126. The van der Waals surface area contributed by atoms with Gasteiger partial charge in [-0.3, -0.25) is 4.79 Å². The molecule has 6 nitrogen and oxygen atoms in total. The van der Waals surface area contributed by atoms with E-state index in [1.165, 1.54) is 10.6 Å². The van der Waals surface area contributed by atoms with E-state index in [-0.39, 0.29) is 11.8 Å². The summed E-state index contributed by atoms with van der Waals surface area (Å²) in [6, 6.07) is 0. The SMILES string of the molecule is COCCCNC(=O)C1CCN(S(C)(=O)=O)CC1. The van der Waals surface area contributed by atoms with Crippen LogP contribution in [0.3, 0.4) is 0 Å². The minimum absolute atomic E-state index is 0.0271. The zero-order valence-corrected chi connectivity index (χ0v) is 11.8. The van der Waals surface area contributed by atoms with Gasteiger partial charge in [-0.1, -0.05) is 0 Å². The second-order valence-electron chi connectivity index (χ2n) is 4.57. The summed E-state index contributed by atoms with van der Waals surface area (Å²) in [5.41, 5.74) is 0. The summed E-state index contributed by atoms with van der Waals surface area (Å²) in [5.74, 6) is -0.0372. The molecule has 0 spiro atoms. The molecule has 7 heteroatoms. The Morgan fingerprint density at radius 2 is 2.00 bits per heavy atom. The highest BCUT2D eigenvalue weighted by atomic mass is 32.2. The first-order valence-corrected chi connectivity index (χ1v) is 8.01. The normalized spacial score (nSPS) is 18.8. The van der Waals surface area contributed by atoms with Crippen molar-refractivity contribution in [3.05, 3.63) is 0 Å². The lowest BCUT2D eigenvalue weighted by Crippen LogP contribution is -2.42. The molecule has 1 amide bonds. The van der Waals surface area contributed by atoms with Crippen molar-refractivity contribution < 1.29 is 17.9 Å². The molecule has 0 aliphatic carbocycles. The third-order valence-electron chi connectivity index (χ3n) is 3.12. The van der Waals surface area contributed by atoms with E-state index < -0.39 is 10.0 Å². The highest BCUT2D eigenvalue weighted by Gasteiger charge is 2.28. The van der Waals surface area contributed by atoms with E-state index >= 15 is 0 Å². The highest BCUT2D eigenvalue weighted by Crippen LogP contribution is 2.19. The number of sulfonamides is 1. The number of hydrogen-bond acceptors (Lipinski definition) is 4. The van der Waals surface area contributed by atoms with Gasteiger partial charge < -0.3 is 10.1 Å². The largest absolute Gasteiger partial charge is 0.385 e. The van der Waals surface area contributed by atoms with Crippen molar-refractivity contribution >= 4 is 15.9 Å². The molecule has 0 atom stereocenters. The minimum atomic E-state index is -3.11. The van der Waals surface area contributed by atoms with Gasteiger partial charge in [-0.15, -0.1) is 0 Å². The van der Waals surface area contributed by atoms with Crippen molar-refractivity contribution in [1.82, 2.24) is 9.62 Å². The first-order valence-electron chi connectivity index (χ1n) is 6.17. The number of nitrogens with zero attached hydrogens (tertiary/aromatic N) is 1. The summed E-state index contributed by atoms with van der Waals surface area (Å²) < 4.78 is 29.0. The Hall–Kier alpha value is -0.660. The number of ether oxygens (including phenoxy) is 1. The predicted molar refractivity (Wildman–Crippen MR) is 68.6 cm³/mol. The summed E-state index contributed by atoms with van der Waals surface area (Å²) in [4.78, 5) is 11.8. The van der Waals surface area contributed by atoms with Gasteiger partial charge in [0.1, 0.15) is 0 Å². The standard InChI is InChI=1S/C11H22N2O4S/c1-17-9-3-6-12-11(14)10-4-7-13(8-5-10)18(2,15)16/h10H,3-9H2,1-2H3,(H,12,14). The number of piperidine rings is 1. The average molecular weight is 278 g/mol. The van der Waals surface area contributed by atoms with Crippen LogP contribution < -0.4 is 5.32 Å². The summed E-state index contributed by atoms with van der Waals surface area (Å²) >= 11 is 0. The van der Waals surface area contributed by atoms with Crippen LogP contribution in [-0.2, 0) is 19.6 Å². The number of nitrogens with one attached hydrogen (secondary N) is 1. The lowest BCUT2D eigenvalue weighted by Gasteiger charge is -2.29. The molecular formula is C11H22N2O4S. The fraction of sp³-hybridized carbons (Fsp3) is 0.909. The monoisotopic (exact) mass is 278 g/mol. The van der Waals surface area contributed by atoms with Crippen molar-refractivity contribution in [2.75, 3.05) is 39.6 Å². The van der Waals surface area contributed by atoms with E-state index in [1.54, 1.807) is 7.11 Å². The number of carbonyl (C=O) groups is 1. The Labute approximate surface area is 109 Å². The van der Waals surface area contributed by atoms with Crippen LogP contribution in [0.25, 0.3) is 0 Å². The number of hydrogen-bond donors (Lipinski definition) is 1. The summed E-state index contributed by atoms with van der Waals surface area (Å²) in [5, 5.41) is 2.85. The smallest absolute Gasteiger partial charge is 0.223 e. The molecule has 1 saturated heterocycles. The first kappa shape index (κ1) is 15.4. The van der Waals surface area contributed by atoms with Crippen molar-refractivity contribution in [1.29, 1.82) is 0 Å². The number of methoxy groups -OCH3 is 1. The van der Waals surface area contributed by atoms with Crippen LogP contribution in [-0.4, -0.2) is 58.2 Å². The van der Waals surface area contributed by atoms with E-state index in [4.69, 9.17) is 4.74 Å². The molecule has 1 aliphatic rings. The van der Waals surface area contributed by atoms with E-state index in [9.17, 15) is 13.2 Å². The van der Waals surface area contributed by atoms with E-state index in [2.05, 4.69) is 5.32 Å². The van der Waals surface area contributed by atoms with Gasteiger partial charge in [-0.2, -0.15) is 0 Å². The van der Waals surface area contributed by atoms with Crippen LogP contribution in [0.2, 0.25) is 0 Å². The molecule has 1 heterocycles. The number of rotatable bonds is 6. The van der Waals surface area contributed by atoms with Crippen LogP contribution in [0, 0.1) is 5.92 Å². The van der Waals surface area contributed by atoms with Crippen molar-refractivity contribution in [2.45, 2.75) is 19.3 Å². The van der Waals surface area contributed by atoms with Gasteiger partial charge >= 0.3 is 0 Å². The molecule has 0 aromatic rings. The zero-order valence-electron chi connectivity index (χ0n) is 11.0. The van der Waals surface area contributed by atoms with Gasteiger partial charge in [0.15, 0.2) is 0 Å². The predicted octanol–water partition coefficient (Wildman–Crippen LogP) is -0.189. The summed E-state index contributed by atoms with van der Waals surface area (Å²) in [6.07, 6.45) is 3.20. The Morgan fingerprint density at radius 1 is 1.39 bits per heavy atom. The van der Waals surface area contributed by atoms with Crippen molar-refractivity contribution in [3.63, 3.8) is 0 Å². The number of carbonyl (C=O) groups excluding carboxylic acids is 1. The molecule has 0 unspecified atom stereocenters. The number of amides is 1. The Kier molecular flexibility index (Phi) is 6.04. The maximum absolute atomic E-state index is 11.8. The van der Waals surface area contributed by atoms with Crippen LogP contribution in [0.5, 0.6) is 0 Å². The fourth-order valence-corrected chi connectivity index (χ4v) is 2.90. The topological polar surface area (TPSA) is 75.7 Å². The minimum Gasteiger partial charge on any atom is -0.385 e. The van der Waals surface area contributed by atoms with E-state index in [0.29, 0.717) is 39.1 Å². The average Bonchev–Trinajstić information content (AvgIpc) is 2.33. The molecule has 18 heavy (non-hydrogen) atoms. The van der Waals surface area contributed by atoms with Gasteiger partial charge in [0, 0.05) is 39.3 Å². The van der Waals surface area contributed by atoms with Crippen molar-refractivity contribution in [3.8, 4) is 0 Å². The Balaban J connectivity index is 2.28. The third-order valence-corrected chi connectivity index (χ3v) is 4.42. The summed E-state index contributed by atoms with van der Waals surface area (Å²) in [6.45, 7) is 2.12. The molecule has 1 N–H and O–H groups in total. The van der Waals surface area contributed by atoms with Crippen molar-refractivity contribution in [2.24, 2.45) is 5.92 Å². The first-order chi connectivity index (χ1) is 8.45. The summed E-state index contributed by atoms with van der Waals surface area (Å²) in [7, 11) is -1.49. The molecule has 0 aromatic carbocycles. The van der Waals surface area contributed by atoms with Crippen LogP contribution in [0.1, 0.15) is 19.3 Å². The Bertz CT molecular complexity index is 361. The van der Waals surface area contributed by atoms with E-state index in [1.807, 2.05) is 0 Å². The van der Waals surface area contributed by atoms with E-state index in [0.717, 1.165) is 6.42 Å². The molecule has 0 aromatic heterocycles. The molecule has 106 valence electrons. The zero-order chi connectivity index (χ0) is 13.6. The molecule has 1 rings (SSSR count). The van der Waals surface area contributed by atoms with Gasteiger partial charge in [0.2, 0.25) is 15.9 Å². The van der Waals surface area contributed by atoms with Gasteiger partial charge in [-0.05, 0) is 19.3 Å². The van der Waals surface area contributed by atoms with Gasteiger partial charge in [0.05, 0.1) is 6.26 Å². The maximum atomic E-state index is 11.8. The second-order valence-corrected chi connectivity index (χ2v) is 6.56. The fourth-order valence-electron chi connectivity index (χ4n) is 2.02. The molecular weight excluding hydrogens is 256 g/mol. The second kappa shape index (κ2) is 7.06. The molecule has 0 bridgehead atoms. The Morgan fingerprint density at radius 3 is 2.50 bits per heavy atom. The molecule has 1 aliphatic heterocycles. The van der Waals surface area contributed by atoms with Crippen LogP contribution in [0.15, 0.2) is 0 Å². The van der Waals surface area contributed by atoms with Gasteiger partial charge in [0.25, 0.3) is 0 Å². The van der Waals surface area contributed by atoms with Gasteiger partial charge in [-0.25, -0.2) is 12.7 Å². The molecule has 0 saturated carbocycles. The van der Waals surface area contributed by atoms with Crippen LogP contribution in [0.4, 0.5) is 0 Å². The molecule has 1 fully saturated rings. The lowest BCUT2D eigenvalue weighted by atomic mass is 9.97. The molecule has 0 radical (unpaired) electrons. The third kappa shape index (κ3) is 4.91. The highest BCUT2D eigenvalue weighted by molar-refractivity contribution is 7.88. The maximum Gasteiger partial charge on any atom is 0.223 e.